The first-order valence-corrected chi connectivity index (χ1v) is 9.62. The number of aromatic nitrogens is 1. The number of halogens is 1. The standard InChI is InChI=1S/C22H23FN4O2/c1-25-14-19(18-7-2-3-8-20(18)25)22(29)27-11-9-26(10-12-27)15-21(28)24-17-6-4-5-16(23)13-17/h2-8,13-14H,9-12,15H2,1H3,(H,24,28). The molecule has 1 aliphatic rings. The number of anilines is 1. The summed E-state index contributed by atoms with van der Waals surface area (Å²) in [6.45, 7) is 2.58. The monoisotopic (exact) mass is 394 g/mol. The van der Waals surface area contributed by atoms with Crippen LogP contribution >= 0.6 is 0 Å². The van der Waals surface area contributed by atoms with E-state index in [-0.39, 0.29) is 24.2 Å². The van der Waals surface area contributed by atoms with E-state index in [1.807, 2.05) is 51.9 Å². The van der Waals surface area contributed by atoms with E-state index in [4.69, 9.17) is 0 Å². The van der Waals surface area contributed by atoms with Gasteiger partial charge in [0, 0.05) is 56.0 Å². The summed E-state index contributed by atoms with van der Waals surface area (Å²) in [6, 6.07) is 13.7. The Morgan fingerprint density at radius 1 is 1.03 bits per heavy atom. The second-order valence-electron chi connectivity index (χ2n) is 7.30. The van der Waals surface area contributed by atoms with E-state index in [2.05, 4.69) is 5.32 Å². The third kappa shape index (κ3) is 4.14. The Kier molecular flexibility index (Phi) is 5.31. The molecular formula is C22H23FN4O2. The maximum atomic E-state index is 13.2. The van der Waals surface area contributed by atoms with Crippen LogP contribution in [0.15, 0.2) is 54.7 Å². The Balaban J connectivity index is 1.34. The minimum absolute atomic E-state index is 0.0191. The highest BCUT2D eigenvalue weighted by Gasteiger charge is 2.25. The number of nitrogens with zero attached hydrogens (tertiary/aromatic N) is 3. The Bertz CT molecular complexity index is 1050. The van der Waals surface area contributed by atoms with Crippen molar-refractivity contribution in [3.8, 4) is 0 Å². The van der Waals surface area contributed by atoms with Gasteiger partial charge in [0.1, 0.15) is 5.82 Å². The van der Waals surface area contributed by atoms with Gasteiger partial charge < -0.3 is 14.8 Å². The zero-order chi connectivity index (χ0) is 20.4. The van der Waals surface area contributed by atoms with Crippen molar-refractivity contribution in [1.29, 1.82) is 0 Å². The van der Waals surface area contributed by atoms with Crippen LogP contribution in [0.3, 0.4) is 0 Å². The van der Waals surface area contributed by atoms with Crippen molar-refractivity contribution in [2.75, 3.05) is 38.0 Å². The number of carbonyl (C=O) groups excluding carboxylic acids is 2. The molecule has 150 valence electrons. The Morgan fingerprint density at radius 2 is 1.79 bits per heavy atom. The van der Waals surface area contributed by atoms with Gasteiger partial charge in [-0.05, 0) is 24.3 Å². The lowest BCUT2D eigenvalue weighted by Crippen LogP contribution is -2.50. The molecule has 1 aromatic heterocycles. The molecule has 0 atom stereocenters. The zero-order valence-electron chi connectivity index (χ0n) is 16.3. The van der Waals surface area contributed by atoms with Crippen LogP contribution in [-0.4, -0.2) is 58.9 Å². The van der Waals surface area contributed by atoms with E-state index in [0.717, 1.165) is 10.9 Å². The number of para-hydroxylation sites is 1. The molecule has 0 aliphatic carbocycles. The van der Waals surface area contributed by atoms with Crippen molar-refractivity contribution in [1.82, 2.24) is 14.4 Å². The van der Waals surface area contributed by atoms with Gasteiger partial charge in [-0.2, -0.15) is 0 Å². The molecule has 0 bridgehead atoms. The van der Waals surface area contributed by atoms with Gasteiger partial charge in [0.25, 0.3) is 5.91 Å². The summed E-state index contributed by atoms with van der Waals surface area (Å²) in [5.41, 5.74) is 2.18. The zero-order valence-corrected chi connectivity index (χ0v) is 16.3. The van der Waals surface area contributed by atoms with Crippen LogP contribution in [0.2, 0.25) is 0 Å². The number of nitrogens with one attached hydrogen (secondary N) is 1. The summed E-state index contributed by atoms with van der Waals surface area (Å²) in [7, 11) is 1.94. The maximum absolute atomic E-state index is 13.2. The number of hydrogen-bond donors (Lipinski definition) is 1. The van der Waals surface area contributed by atoms with Crippen LogP contribution < -0.4 is 5.32 Å². The maximum Gasteiger partial charge on any atom is 0.256 e. The second kappa shape index (κ2) is 8.05. The molecule has 4 rings (SSSR count). The molecule has 1 fully saturated rings. The highest BCUT2D eigenvalue weighted by atomic mass is 19.1. The molecule has 29 heavy (non-hydrogen) atoms. The summed E-state index contributed by atoms with van der Waals surface area (Å²) >= 11 is 0. The molecule has 2 aromatic carbocycles. The summed E-state index contributed by atoms with van der Waals surface area (Å²) < 4.78 is 15.2. The second-order valence-corrected chi connectivity index (χ2v) is 7.30. The largest absolute Gasteiger partial charge is 0.350 e. The SMILES string of the molecule is Cn1cc(C(=O)N2CCN(CC(=O)Nc3cccc(F)c3)CC2)c2ccccc21. The topological polar surface area (TPSA) is 57.6 Å². The molecule has 1 saturated heterocycles. The molecule has 6 nitrogen and oxygen atoms in total. The van der Waals surface area contributed by atoms with Crippen molar-refractivity contribution >= 4 is 28.4 Å². The lowest BCUT2D eigenvalue weighted by atomic mass is 10.1. The van der Waals surface area contributed by atoms with Gasteiger partial charge in [-0.15, -0.1) is 0 Å². The predicted octanol–water partition coefficient (Wildman–Crippen LogP) is 2.71. The molecule has 2 amide bonds. The average Bonchev–Trinajstić information content (AvgIpc) is 3.05. The molecule has 2 heterocycles. The first-order chi connectivity index (χ1) is 14.0. The molecule has 0 spiro atoms. The van der Waals surface area contributed by atoms with Crippen molar-refractivity contribution in [2.24, 2.45) is 7.05 Å². The fraction of sp³-hybridized carbons (Fsp3) is 0.273. The van der Waals surface area contributed by atoms with Crippen molar-refractivity contribution < 1.29 is 14.0 Å². The first-order valence-electron chi connectivity index (χ1n) is 9.62. The lowest BCUT2D eigenvalue weighted by molar-refractivity contribution is -0.117. The Labute approximate surface area is 168 Å². The fourth-order valence-corrected chi connectivity index (χ4v) is 3.76. The van der Waals surface area contributed by atoms with Crippen molar-refractivity contribution in [3.05, 3.63) is 66.1 Å². The van der Waals surface area contributed by atoms with Gasteiger partial charge in [-0.25, -0.2) is 4.39 Å². The summed E-state index contributed by atoms with van der Waals surface area (Å²) in [5.74, 6) is -0.557. The van der Waals surface area contributed by atoms with Gasteiger partial charge in [0.05, 0.1) is 12.1 Å². The Hall–Kier alpha value is -3.19. The van der Waals surface area contributed by atoms with Gasteiger partial charge in [-0.1, -0.05) is 24.3 Å². The van der Waals surface area contributed by atoms with E-state index in [1.54, 1.807) is 12.1 Å². The molecule has 1 aliphatic heterocycles. The van der Waals surface area contributed by atoms with Crippen LogP contribution in [0.25, 0.3) is 10.9 Å². The molecule has 3 aromatic rings. The van der Waals surface area contributed by atoms with Crippen molar-refractivity contribution in [3.63, 3.8) is 0 Å². The lowest BCUT2D eigenvalue weighted by Gasteiger charge is -2.34. The number of benzene rings is 2. The molecule has 1 N–H and O–H groups in total. The van der Waals surface area contributed by atoms with E-state index >= 15 is 0 Å². The highest BCUT2D eigenvalue weighted by molar-refractivity contribution is 6.07. The summed E-state index contributed by atoms with van der Waals surface area (Å²) in [5, 5.41) is 3.66. The average molecular weight is 394 g/mol. The normalized spacial score (nSPS) is 14.9. The molecule has 0 radical (unpaired) electrons. The number of hydrogen-bond acceptors (Lipinski definition) is 3. The number of piperazine rings is 1. The van der Waals surface area contributed by atoms with Crippen LogP contribution in [0.5, 0.6) is 0 Å². The van der Waals surface area contributed by atoms with Crippen LogP contribution in [0, 0.1) is 5.82 Å². The fourth-order valence-electron chi connectivity index (χ4n) is 3.76. The number of carbonyl (C=O) groups is 2. The quantitative estimate of drug-likeness (QED) is 0.740. The van der Waals surface area contributed by atoms with Gasteiger partial charge >= 0.3 is 0 Å². The van der Waals surface area contributed by atoms with E-state index in [1.165, 1.54) is 12.1 Å². The molecule has 7 heteroatoms. The molecular weight excluding hydrogens is 371 g/mol. The number of amides is 2. The smallest absolute Gasteiger partial charge is 0.256 e. The Morgan fingerprint density at radius 3 is 2.55 bits per heavy atom. The number of fused-ring (bicyclic) bond motifs is 1. The number of rotatable bonds is 4. The van der Waals surface area contributed by atoms with Crippen LogP contribution in [0.1, 0.15) is 10.4 Å². The van der Waals surface area contributed by atoms with E-state index < -0.39 is 0 Å². The van der Waals surface area contributed by atoms with Gasteiger partial charge in [-0.3, -0.25) is 14.5 Å². The predicted molar refractivity (Wildman–Crippen MR) is 110 cm³/mol. The highest BCUT2D eigenvalue weighted by Crippen LogP contribution is 2.22. The van der Waals surface area contributed by atoms with Crippen LogP contribution in [-0.2, 0) is 11.8 Å². The van der Waals surface area contributed by atoms with Crippen LogP contribution in [0.4, 0.5) is 10.1 Å². The van der Waals surface area contributed by atoms with Gasteiger partial charge in [0.15, 0.2) is 0 Å². The number of aryl methyl sites for hydroxylation is 1. The molecule has 0 unspecified atom stereocenters. The minimum atomic E-state index is -0.386. The van der Waals surface area contributed by atoms with E-state index in [0.29, 0.717) is 37.4 Å². The summed E-state index contributed by atoms with van der Waals surface area (Å²) in [6.07, 6.45) is 1.88. The molecule has 0 saturated carbocycles. The van der Waals surface area contributed by atoms with E-state index in [9.17, 15) is 14.0 Å². The third-order valence-corrected chi connectivity index (χ3v) is 5.26. The van der Waals surface area contributed by atoms with Crippen molar-refractivity contribution in [2.45, 2.75) is 0 Å². The minimum Gasteiger partial charge on any atom is -0.350 e. The van der Waals surface area contributed by atoms with Gasteiger partial charge in [0.2, 0.25) is 5.91 Å². The summed E-state index contributed by atoms with van der Waals surface area (Å²) in [4.78, 5) is 29.1. The third-order valence-electron chi connectivity index (χ3n) is 5.26. The first kappa shape index (κ1) is 19.1.